The van der Waals surface area contributed by atoms with Gasteiger partial charge in [-0.15, -0.1) is 0 Å². The molecule has 1 saturated heterocycles. The molecule has 3 rings (SSSR count). The maximum absolute atomic E-state index is 6.01. The smallest absolute Gasteiger partial charge is 0.103 e. The fourth-order valence-corrected chi connectivity index (χ4v) is 3.07. The molecule has 0 radical (unpaired) electrons. The van der Waals surface area contributed by atoms with E-state index >= 15 is 0 Å². The predicted octanol–water partition coefficient (Wildman–Crippen LogP) is 3.64. The Labute approximate surface area is 146 Å². The van der Waals surface area contributed by atoms with Gasteiger partial charge in [0.2, 0.25) is 0 Å². The number of hydrogen-bond donors (Lipinski definition) is 2. The molecule has 0 spiro atoms. The number of piperidine rings is 1. The SMILES string of the molecule is Clc1ccc(NN=C2CC[NH+](Cc3ccccc3)CC2)cc1Cl. The highest BCUT2D eigenvalue weighted by Crippen LogP contribution is 2.25. The molecule has 0 bridgehead atoms. The summed E-state index contributed by atoms with van der Waals surface area (Å²) < 4.78 is 0. The Bertz CT molecular complexity index is 676. The van der Waals surface area contributed by atoms with Crippen LogP contribution in [0, 0.1) is 0 Å². The first kappa shape index (κ1) is 16.3. The quantitative estimate of drug-likeness (QED) is 0.811. The van der Waals surface area contributed by atoms with Crippen molar-refractivity contribution in [2.45, 2.75) is 19.4 Å². The lowest BCUT2D eigenvalue weighted by Crippen LogP contribution is -3.11. The van der Waals surface area contributed by atoms with E-state index in [4.69, 9.17) is 23.2 Å². The first-order valence-corrected chi connectivity index (χ1v) is 8.60. The zero-order chi connectivity index (χ0) is 16.1. The van der Waals surface area contributed by atoms with Crippen LogP contribution in [0.1, 0.15) is 18.4 Å². The lowest BCUT2D eigenvalue weighted by atomic mass is 10.1. The number of benzene rings is 2. The van der Waals surface area contributed by atoms with E-state index in [-0.39, 0.29) is 0 Å². The molecule has 1 heterocycles. The van der Waals surface area contributed by atoms with Gasteiger partial charge in [-0.2, -0.15) is 5.10 Å². The Hall–Kier alpha value is -1.55. The van der Waals surface area contributed by atoms with Crippen molar-refractivity contribution >= 4 is 34.6 Å². The molecule has 0 atom stereocenters. The Morgan fingerprint density at radius 2 is 1.70 bits per heavy atom. The summed E-state index contributed by atoms with van der Waals surface area (Å²) in [6.07, 6.45) is 2.05. The van der Waals surface area contributed by atoms with Crippen molar-refractivity contribution in [3.63, 3.8) is 0 Å². The van der Waals surface area contributed by atoms with E-state index in [0.29, 0.717) is 10.0 Å². The van der Waals surface area contributed by atoms with Gasteiger partial charge in [0.15, 0.2) is 0 Å². The Morgan fingerprint density at radius 1 is 0.957 bits per heavy atom. The number of halogens is 2. The van der Waals surface area contributed by atoms with Crippen LogP contribution in [0.15, 0.2) is 53.6 Å². The summed E-state index contributed by atoms with van der Waals surface area (Å²) in [5.74, 6) is 0. The standard InChI is InChI=1S/C18H19Cl2N3/c19-17-7-6-16(12-18(17)20)22-21-15-8-10-23(11-9-15)13-14-4-2-1-3-5-14/h1-7,12,22H,8-11,13H2/p+1. The lowest BCUT2D eigenvalue weighted by Gasteiger charge is -2.24. The average molecular weight is 349 g/mol. The van der Waals surface area contributed by atoms with E-state index in [2.05, 4.69) is 40.9 Å². The molecular weight excluding hydrogens is 329 g/mol. The number of hydrazone groups is 1. The molecule has 23 heavy (non-hydrogen) atoms. The fraction of sp³-hybridized carbons (Fsp3) is 0.278. The van der Waals surface area contributed by atoms with E-state index in [9.17, 15) is 0 Å². The third kappa shape index (κ3) is 4.71. The molecule has 2 aromatic carbocycles. The summed E-state index contributed by atoms with van der Waals surface area (Å²) in [6.45, 7) is 3.34. The van der Waals surface area contributed by atoms with Crippen molar-refractivity contribution in [3.8, 4) is 0 Å². The molecular formula is C18H20Cl2N3+. The van der Waals surface area contributed by atoms with Gasteiger partial charge >= 0.3 is 0 Å². The molecule has 0 saturated carbocycles. The summed E-state index contributed by atoms with van der Waals surface area (Å²) in [7, 11) is 0. The largest absolute Gasteiger partial charge is 0.331 e. The first-order chi connectivity index (χ1) is 11.2. The topological polar surface area (TPSA) is 28.8 Å². The maximum atomic E-state index is 6.01. The molecule has 2 aromatic rings. The summed E-state index contributed by atoms with van der Waals surface area (Å²) in [4.78, 5) is 1.62. The number of likely N-dealkylation sites (tertiary alicyclic amines) is 1. The van der Waals surface area contributed by atoms with Gasteiger partial charge in [-0.05, 0) is 18.2 Å². The fourth-order valence-electron chi connectivity index (χ4n) is 2.77. The van der Waals surface area contributed by atoms with E-state index < -0.39 is 0 Å². The van der Waals surface area contributed by atoms with Crippen LogP contribution in [0.5, 0.6) is 0 Å². The summed E-state index contributed by atoms with van der Waals surface area (Å²) >= 11 is 11.9. The second kappa shape index (κ2) is 7.82. The van der Waals surface area contributed by atoms with Gasteiger partial charge in [0.1, 0.15) is 6.54 Å². The molecule has 1 fully saturated rings. The van der Waals surface area contributed by atoms with E-state index in [1.165, 1.54) is 11.3 Å². The van der Waals surface area contributed by atoms with E-state index in [1.54, 1.807) is 17.0 Å². The van der Waals surface area contributed by atoms with Crippen LogP contribution >= 0.6 is 23.2 Å². The summed E-state index contributed by atoms with van der Waals surface area (Å²) in [6, 6.07) is 16.1. The van der Waals surface area contributed by atoms with Gasteiger partial charge in [-0.1, -0.05) is 53.5 Å². The van der Waals surface area contributed by atoms with Gasteiger partial charge in [-0.3, -0.25) is 5.43 Å². The van der Waals surface area contributed by atoms with Gasteiger partial charge in [0.25, 0.3) is 0 Å². The van der Waals surface area contributed by atoms with Gasteiger partial charge < -0.3 is 4.90 Å². The van der Waals surface area contributed by atoms with Crippen molar-refractivity contribution in [1.29, 1.82) is 0 Å². The van der Waals surface area contributed by atoms with Crippen molar-refractivity contribution in [1.82, 2.24) is 0 Å². The third-order valence-electron chi connectivity index (χ3n) is 4.09. The molecule has 1 aliphatic heterocycles. The first-order valence-electron chi connectivity index (χ1n) is 7.85. The number of anilines is 1. The number of quaternary nitrogens is 1. The van der Waals surface area contributed by atoms with Crippen molar-refractivity contribution in [3.05, 3.63) is 64.1 Å². The predicted molar refractivity (Wildman–Crippen MR) is 97.6 cm³/mol. The third-order valence-corrected chi connectivity index (χ3v) is 4.83. The van der Waals surface area contributed by atoms with Gasteiger partial charge in [-0.25, -0.2) is 0 Å². The molecule has 3 nitrogen and oxygen atoms in total. The summed E-state index contributed by atoms with van der Waals surface area (Å²) in [5.41, 5.74) is 6.56. The average Bonchev–Trinajstić information content (AvgIpc) is 2.58. The molecule has 2 N–H and O–H groups in total. The molecule has 0 unspecified atom stereocenters. The number of hydrogen-bond acceptors (Lipinski definition) is 2. The Balaban J connectivity index is 1.51. The Morgan fingerprint density at radius 3 is 2.39 bits per heavy atom. The Kier molecular flexibility index (Phi) is 5.55. The monoisotopic (exact) mass is 348 g/mol. The highest BCUT2D eigenvalue weighted by Gasteiger charge is 2.18. The normalized spacial score (nSPS) is 17.8. The van der Waals surface area contributed by atoms with Crippen LogP contribution in [-0.4, -0.2) is 18.8 Å². The van der Waals surface area contributed by atoms with Crippen molar-refractivity contribution in [2.75, 3.05) is 18.5 Å². The lowest BCUT2D eigenvalue weighted by molar-refractivity contribution is -0.914. The van der Waals surface area contributed by atoms with Crippen molar-refractivity contribution in [2.24, 2.45) is 5.10 Å². The minimum atomic E-state index is 0.541. The molecule has 0 aromatic heterocycles. The highest BCUT2D eigenvalue weighted by molar-refractivity contribution is 6.42. The van der Waals surface area contributed by atoms with Crippen LogP contribution in [-0.2, 0) is 6.54 Å². The molecule has 0 aliphatic carbocycles. The second-order valence-electron chi connectivity index (χ2n) is 5.83. The van der Waals surface area contributed by atoms with E-state index in [1.807, 2.05) is 6.07 Å². The number of nitrogens with zero attached hydrogens (tertiary/aromatic N) is 1. The molecule has 5 heteroatoms. The second-order valence-corrected chi connectivity index (χ2v) is 6.65. The van der Waals surface area contributed by atoms with Crippen LogP contribution in [0.3, 0.4) is 0 Å². The zero-order valence-electron chi connectivity index (χ0n) is 12.9. The van der Waals surface area contributed by atoms with Crippen molar-refractivity contribution < 1.29 is 4.90 Å². The number of rotatable bonds is 4. The number of nitrogens with one attached hydrogen (secondary N) is 2. The van der Waals surface area contributed by atoms with Crippen LogP contribution in [0.2, 0.25) is 10.0 Å². The molecule has 0 amide bonds. The van der Waals surface area contributed by atoms with Gasteiger partial charge in [0.05, 0.1) is 28.8 Å². The molecule has 1 aliphatic rings. The van der Waals surface area contributed by atoms with Gasteiger partial charge in [0, 0.05) is 24.1 Å². The summed E-state index contributed by atoms with van der Waals surface area (Å²) in [5, 5.41) is 5.62. The van der Waals surface area contributed by atoms with Crippen LogP contribution in [0.25, 0.3) is 0 Å². The molecule has 120 valence electrons. The zero-order valence-corrected chi connectivity index (χ0v) is 14.4. The minimum Gasteiger partial charge on any atom is -0.331 e. The van der Waals surface area contributed by atoms with Crippen LogP contribution in [0.4, 0.5) is 5.69 Å². The highest BCUT2D eigenvalue weighted by atomic mass is 35.5. The van der Waals surface area contributed by atoms with Crippen LogP contribution < -0.4 is 10.3 Å². The maximum Gasteiger partial charge on any atom is 0.103 e. The van der Waals surface area contributed by atoms with E-state index in [0.717, 1.165) is 38.2 Å². The minimum absolute atomic E-state index is 0.541.